The first-order valence-corrected chi connectivity index (χ1v) is 6.51. The smallest absolute Gasteiger partial charge is 0.113 e. The molecule has 0 radical (unpaired) electrons. The third-order valence-electron chi connectivity index (χ3n) is 4.09. The summed E-state index contributed by atoms with van der Waals surface area (Å²) >= 11 is 0. The Hall–Kier alpha value is -1.51. The third-order valence-corrected chi connectivity index (χ3v) is 4.09. The van der Waals surface area contributed by atoms with Crippen LogP contribution in [0, 0.1) is 5.92 Å². The zero-order valence-electron chi connectivity index (χ0n) is 10.1. The van der Waals surface area contributed by atoms with E-state index in [1.165, 1.54) is 30.6 Å². The van der Waals surface area contributed by atoms with Gasteiger partial charge in [0, 0.05) is 17.6 Å². The van der Waals surface area contributed by atoms with Gasteiger partial charge in [-0.05, 0) is 43.4 Å². The summed E-state index contributed by atoms with van der Waals surface area (Å²) in [4.78, 5) is 4.83. The number of nitrogens with zero attached hydrogens (tertiary/aromatic N) is 2. The van der Waals surface area contributed by atoms with Crippen molar-refractivity contribution in [3.05, 3.63) is 24.0 Å². The second-order valence-corrected chi connectivity index (χ2v) is 5.64. The molecule has 2 aromatic rings. The molecular weight excluding hydrogens is 210 g/mol. The minimum Gasteiger partial charge on any atom is -0.399 e. The van der Waals surface area contributed by atoms with E-state index in [4.69, 9.17) is 10.7 Å². The highest BCUT2D eigenvalue weighted by Gasteiger charge is 2.40. The predicted octanol–water partition coefficient (Wildman–Crippen LogP) is 3.08. The normalized spacial score (nSPS) is 27.6. The zero-order valence-corrected chi connectivity index (χ0v) is 10.1. The highest BCUT2D eigenvalue weighted by atomic mass is 15.1. The van der Waals surface area contributed by atoms with E-state index in [0.717, 1.165) is 17.1 Å². The molecule has 3 heteroatoms. The lowest BCUT2D eigenvalue weighted by Gasteiger charge is -2.06. The van der Waals surface area contributed by atoms with Crippen LogP contribution >= 0.6 is 0 Å². The largest absolute Gasteiger partial charge is 0.399 e. The summed E-state index contributed by atoms with van der Waals surface area (Å²) in [6, 6.07) is 6.77. The molecule has 2 unspecified atom stereocenters. The molecule has 1 heterocycles. The van der Waals surface area contributed by atoms with E-state index in [-0.39, 0.29) is 0 Å². The second kappa shape index (κ2) is 3.03. The summed E-state index contributed by atoms with van der Waals surface area (Å²) in [7, 11) is 0. The average molecular weight is 227 g/mol. The van der Waals surface area contributed by atoms with E-state index in [1.807, 2.05) is 6.07 Å². The molecule has 0 spiro atoms. The van der Waals surface area contributed by atoms with Crippen molar-refractivity contribution in [2.24, 2.45) is 5.92 Å². The Morgan fingerprint density at radius 2 is 2.12 bits per heavy atom. The summed E-state index contributed by atoms with van der Waals surface area (Å²) in [5.74, 6) is 2.80. The molecule has 17 heavy (non-hydrogen) atoms. The Morgan fingerprint density at radius 1 is 1.35 bits per heavy atom. The van der Waals surface area contributed by atoms with Gasteiger partial charge in [0.1, 0.15) is 5.82 Å². The molecule has 0 bridgehead atoms. The first-order chi connectivity index (χ1) is 8.24. The lowest BCUT2D eigenvalue weighted by Crippen LogP contribution is -2.00. The van der Waals surface area contributed by atoms with Gasteiger partial charge in [-0.1, -0.05) is 6.92 Å². The topological polar surface area (TPSA) is 43.8 Å². The number of imidazole rings is 1. The van der Waals surface area contributed by atoms with Gasteiger partial charge in [0.15, 0.2) is 0 Å². The van der Waals surface area contributed by atoms with Crippen molar-refractivity contribution < 1.29 is 0 Å². The zero-order chi connectivity index (χ0) is 11.6. The summed E-state index contributed by atoms with van der Waals surface area (Å²) in [6.45, 7) is 2.32. The van der Waals surface area contributed by atoms with Crippen LogP contribution in [0.4, 0.5) is 5.69 Å². The van der Waals surface area contributed by atoms with E-state index in [9.17, 15) is 0 Å². The summed E-state index contributed by atoms with van der Waals surface area (Å²) in [5, 5.41) is 0. The lowest BCUT2D eigenvalue weighted by molar-refractivity contribution is 0.688. The summed E-state index contributed by atoms with van der Waals surface area (Å²) in [5.41, 5.74) is 9.09. The van der Waals surface area contributed by atoms with Crippen LogP contribution < -0.4 is 5.73 Å². The van der Waals surface area contributed by atoms with Crippen LogP contribution in [0.15, 0.2) is 18.2 Å². The van der Waals surface area contributed by atoms with Crippen LogP contribution in [0.25, 0.3) is 11.0 Å². The molecule has 1 aromatic heterocycles. The molecule has 2 atom stereocenters. The van der Waals surface area contributed by atoms with E-state index >= 15 is 0 Å². The van der Waals surface area contributed by atoms with Gasteiger partial charge in [-0.25, -0.2) is 4.98 Å². The minimum atomic E-state index is 0.684. The Bertz CT molecular complexity index is 595. The minimum absolute atomic E-state index is 0.684. The van der Waals surface area contributed by atoms with Gasteiger partial charge in [-0.3, -0.25) is 0 Å². The molecule has 3 nitrogen and oxygen atoms in total. The number of benzene rings is 1. The third kappa shape index (κ3) is 1.38. The van der Waals surface area contributed by atoms with E-state index in [1.54, 1.807) is 0 Å². The maximum Gasteiger partial charge on any atom is 0.113 e. The van der Waals surface area contributed by atoms with Gasteiger partial charge in [0.25, 0.3) is 0 Å². The van der Waals surface area contributed by atoms with E-state index in [0.29, 0.717) is 12.0 Å². The van der Waals surface area contributed by atoms with Crippen LogP contribution in [0.1, 0.15) is 44.0 Å². The number of rotatable bonds is 2. The molecule has 2 aliphatic carbocycles. The van der Waals surface area contributed by atoms with Crippen LogP contribution in [0.3, 0.4) is 0 Å². The quantitative estimate of drug-likeness (QED) is 0.801. The highest BCUT2D eigenvalue weighted by Crippen LogP contribution is 2.50. The van der Waals surface area contributed by atoms with Gasteiger partial charge in [0.05, 0.1) is 11.0 Å². The van der Waals surface area contributed by atoms with Gasteiger partial charge < -0.3 is 10.3 Å². The predicted molar refractivity (Wildman–Crippen MR) is 68.9 cm³/mol. The SMILES string of the molecule is CC1CC1c1nc2ccc(N)cc2n1C1CC1. The number of fused-ring (bicyclic) bond motifs is 1. The molecular formula is C14H17N3. The number of nitrogens with two attached hydrogens (primary N) is 1. The van der Waals surface area contributed by atoms with Crippen molar-refractivity contribution in [3.63, 3.8) is 0 Å². The van der Waals surface area contributed by atoms with Crippen molar-refractivity contribution >= 4 is 16.7 Å². The Labute approximate surface area is 101 Å². The molecule has 0 amide bonds. The first-order valence-electron chi connectivity index (χ1n) is 6.51. The van der Waals surface area contributed by atoms with Gasteiger partial charge in [-0.2, -0.15) is 0 Å². The maximum absolute atomic E-state index is 5.90. The molecule has 2 N–H and O–H groups in total. The highest BCUT2D eigenvalue weighted by molar-refractivity contribution is 5.80. The van der Waals surface area contributed by atoms with Crippen molar-refractivity contribution in [2.45, 2.75) is 38.1 Å². The number of hydrogen-bond donors (Lipinski definition) is 1. The van der Waals surface area contributed by atoms with Crippen LogP contribution in [-0.2, 0) is 0 Å². The fraction of sp³-hybridized carbons (Fsp3) is 0.500. The number of nitrogen functional groups attached to an aromatic ring is 1. The van der Waals surface area contributed by atoms with Crippen molar-refractivity contribution in [3.8, 4) is 0 Å². The van der Waals surface area contributed by atoms with Crippen LogP contribution in [0.2, 0.25) is 0 Å². The molecule has 0 saturated heterocycles. The summed E-state index contributed by atoms with van der Waals surface area (Å²) < 4.78 is 2.46. The fourth-order valence-corrected chi connectivity index (χ4v) is 2.79. The van der Waals surface area contributed by atoms with Crippen molar-refractivity contribution in [1.82, 2.24) is 9.55 Å². The van der Waals surface area contributed by atoms with Gasteiger partial charge in [0.2, 0.25) is 0 Å². The fourth-order valence-electron chi connectivity index (χ4n) is 2.79. The average Bonchev–Trinajstić information content (AvgIpc) is 3.20. The van der Waals surface area contributed by atoms with Gasteiger partial charge >= 0.3 is 0 Å². The van der Waals surface area contributed by atoms with Crippen molar-refractivity contribution in [2.75, 3.05) is 5.73 Å². The van der Waals surface area contributed by atoms with Crippen LogP contribution in [-0.4, -0.2) is 9.55 Å². The maximum atomic E-state index is 5.90. The molecule has 2 aliphatic rings. The van der Waals surface area contributed by atoms with E-state index < -0.39 is 0 Å². The molecule has 2 fully saturated rings. The number of anilines is 1. The van der Waals surface area contributed by atoms with E-state index in [2.05, 4.69) is 23.6 Å². The second-order valence-electron chi connectivity index (χ2n) is 5.64. The standard InChI is InChI=1S/C14H17N3/c1-8-6-11(8)14-16-12-5-2-9(15)7-13(12)17(14)10-3-4-10/h2,5,7-8,10-11H,3-4,6,15H2,1H3. The molecule has 4 rings (SSSR count). The molecule has 2 saturated carbocycles. The molecule has 88 valence electrons. The molecule has 0 aliphatic heterocycles. The number of hydrogen-bond acceptors (Lipinski definition) is 2. The van der Waals surface area contributed by atoms with Crippen LogP contribution in [0.5, 0.6) is 0 Å². The Kier molecular flexibility index (Phi) is 1.70. The molecule has 1 aromatic carbocycles. The lowest BCUT2D eigenvalue weighted by atomic mass is 10.3. The summed E-state index contributed by atoms with van der Waals surface area (Å²) in [6.07, 6.45) is 3.90. The first kappa shape index (κ1) is 9.51. The number of aromatic nitrogens is 2. The Morgan fingerprint density at radius 3 is 2.76 bits per heavy atom. The Balaban J connectivity index is 1.96. The van der Waals surface area contributed by atoms with Crippen molar-refractivity contribution in [1.29, 1.82) is 0 Å². The van der Waals surface area contributed by atoms with Gasteiger partial charge in [-0.15, -0.1) is 0 Å². The monoisotopic (exact) mass is 227 g/mol.